The Labute approximate surface area is 278 Å². The van der Waals surface area contributed by atoms with Crippen LogP contribution in [-0.2, 0) is 9.31 Å². The Bertz CT molecular complexity index is 1920. The van der Waals surface area contributed by atoms with Gasteiger partial charge >= 0.3 is 7.12 Å². The summed E-state index contributed by atoms with van der Waals surface area (Å²) in [5.41, 5.74) is 7.19. The summed E-state index contributed by atoms with van der Waals surface area (Å²) in [6, 6.07) is 39.9. The molecule has 0 amide bonds. The van der Waals surface area contributed by atoms with E-state index in [2.05, 4.69) is 31.4 Å². The molecule has 0 aliphatic carbocycles. The number of rotatable bonds is 9. The molecule has 1 heterocycles. The molecule has 1 saturated heterocycles. The van der Waals surface area contributed by atoms with Gasteiger partial charge in [0.15, 0.2) is 0 Å². The van der Waals surface area contributed by atoms with Gasteiger partial charge in [0, 0.05) is 16.8 Å². The summed E-state index contributed by atoms with van der Waals surface area (Å²) in [6.07, 6.45) is 5.25. The molecule has 0 radical (unpaired) electrons. The summed E-state index contributed by atoms with van der Waals surface area (Å²) in [7, 11) is -0.510. The van der Waals surface area contributed by atoms with E-state index in [1.807, 2.05) is 136 Å². The van der Waals surface area contributed by atoms with Crippen LogP contribution in [0.15, 0.2) is 153 Å². The van der Waals surface area contributed by atoms with Crippen LogP contribution in [0.25, 0.3) is 27.8 Å². The second-order valence-electron chi connectivity index (χ2n) is 12.7. The highest BCUT2D eigenvalue weighted by Crippen LogP contribution is 2.47. The lowest BCUT2D eigenvalue weighted by molar-refractivity contribution is 0.00578. The van der Waals surface area contributed by atoms with Gasteiger partial charge < -0.3 is 14.2 Å². The van der Waals surface area contributed by atoms with E-state index >= 15 is 4.39 Å². The third-order valence-corrected chi connectivity index (χ3v) is 9.13. The molecule has 0 bridgehead atoms. The van der Waals surface area contributed by atoms with E-state index in [1.54, 1.807) is 18.2 Å². The van der Waals surface area contributed by atoms with Gasteiger partial charge in [-0.25, -0.2) is 4.39 Å². The van der Waals surface area contributed by atoms with Gasteiger partial charge in [-0.3, -0.25) is 0 Å². The fourth-order valence-electron chi connectivity index (χ4n) is 5.92. The fraction of sp³-hybridized carbons (Fsp3) is 0.143. The molecule has 1 aliphatic heterocycles. The lowest BCUT2D eigenvalue weighted by atomic mass is 9.79. The summed E-state index contributed by atoms with van der Waals surface area (Å²) < 4.78 is 29.7. The predicted octanol–water partition coefficient (Wildman–Crippen LogP) is 10.7. The highest BCUT2D eigenvalue weighted by molar-refractivity contribution is 6.62. The molecule has 0 unspecified atom stereocenters. The molecule has 1 aliphatic rings. The fourth-order valence-corrected chi connectivity index (χ4v) is 5.92. The van der Waals surface area contributed by atoms with Crippen molar-refractivity contribution in [3.05, 3.63) is 164 Å². The summed E-state index contributed by atoms with van der Waals surface area (Å²) >= 11 is 0. The second kappa shape index (κ2) is 13.0. The molecule has 0 saturated carbocycles. The lowest BCUT2D eigenvalue weighted by Gasteiger charge is -2.32. The molecular formula is C42H39BFNO2. The standard InChI is InChI=1S/C42H39BFNO2/c1-7-17-30(8-2)33-28-37(32-20-13-10-14-21-32)40(38(44)29-33)45(39-23-16-15-22-36(39)31-18-11-9-12-19-31)35-26-24-34(25-27-35)43-46-41(3,4)42(5,6)47-43/h7-29H,1-2H2,3-6H3/b30-17+. The summed E-state index contributed by atoms with van der Waals surface area (Å²) in [5.74, 6) is -0.365. The van der Waals surface area contributed by atoms with E-state index in [1.165, 1.54) is 0 Å². The Balaban J connectivity index is 1.59. The van der Waals surface area contributed by atoms with Crippen LogP contribution in [-0.4, -0.2) is 18.3 Å². The molecule has 0 spiro atoms. The molecule has 47 heavy (non-hydrogen) atoms. The highest BCUT2D eigenvalue weighted by Gasteiger charge is 2.51. The molecule has 5 aromatic carbocycles. The largest absolute Gasteiger partial charge is 0.494 e. The smallest absolute Gasteiger partial charge is 0.399 e. The highest BCUT2D eigenvalue weighted by atomic mass is 19.1. The predicted molar refractivity (Wildman–Crippen MR) is 196 cm³/mol. The monoisotopic (exact) mass is 619 g/mol. The molecule has 0 N–H and O–H groups in total. The first-order valence-electron chi connectivity index (χ1n) is 15.9. The number of allylic oxidation sites excluding steroid dienone is 4. The van der Waals surface area contributed by atoms with E-state index in [0.717, 1.165) is 44.7 Å². The Morgan fingerprint density at radius 3 is 1.83 bits per heavy atom. The first-order valence-corrected chi connectivity index (χ1v) is 15.9. The van der Waals surface area contributed by atoms with Crippen molar-refractivity contribution in [1.29, 1.82) is 0 Å². The maximum Gasteiger partial charge on any atom is 0.494 e. The zero-order valence-electron chi connectivity index (χ0n) is 27.4. The third kappa shape index (κ3) is 6.25. The van der Waals surface area contributed by atoms with Gasteiger partial charge in [-0.1, -0.05) is 122 Å². The molecule has 0 aromatic heterocycles. The molecule has 0 atom stereocenters. The number of halogens is 1. The van der Waals surface area contributed by atoms with Crippen molar-refractivity contribution in [2.24, 2.45) is 0 Å². The van der Waals surface area contributed by atoms with E-state index < -0.39 is 18.3 Å². The molecule has 234 valence electrons. The number of benzene rings is 5. The molecule has 6 rings (SSSR count). The minimum absolute atomic E-state index is 0.365. The minimum Gasteiger partial charge on any atom is -0.399 e. The van der Waals surface area contributed by atoms with E-state index in [0.29, 0.717) is 11.3 Å². The maximum absolute atomic E-state index is 17.0. The van der Waals surface area contributed by atoms with Crippen molar-refractivity contribution in [2.75, 3.05) is 4.90 Å². The van der Waals surface area contributed by atoms with Crippen molar-refractivity contribution < 1.29 is 13.7 Å². The minimum atomic E-state index is -0.510. The van der Waals surface area contributed by atoms with Crippen LogP contribution in [0.1, 0.15) is 33.3 Å². The lowest BCUT2D eigenvalue weighted by Crippen LogP contribution is -2.41. The maximum atomic E-state index is 17.0. The molecule has 5 heteroatoms. The van der Waals surface area contributed by atoms with E-state index in [9.17, 15) is 0 Å². The zero-order chi connectivity index (χ0) is 33.2. The normalized spacial score (nSPS) is 15.3. The van der Waals surface area contributed by atoms with Gasteiger partial charge in [0.05, 0.1) is 22.6 Å². The van der Waals surface area contributed by atoms with Crippen LogP contribution in [0.4, 0.5) is 21.5 Å². The summed E-state index contributed by atoms with van der Waals surface area (Å²) in [6.45, 7) is 16.0. The summed E-state index contributed by atoms with van der Waals surface area (Å²) in [5, 5.41) is 0. The van der Waals surface area contributed by atoms with Crippen molar-refractivity contribution in [3.63, 3.8) is 0 Å². The second-order valence-corrected chi connectivity index (χ2v) is 12.7. The Morgan fingerprint density at radius 1 is 0.702 bits per heavy atom. The van der Waals surface area contributed by atoms with E-state index in [4.69, 9.17) is 9.31 Å². The topological polar surface area (TPSA) is 21.7 Å². The van der Waals surface area contributed by atoms with Crippen LogP contribution in [0.2, 0.25) is 0 Å². The van der Waals surface area contributed by atoms with Gasteiger partial charge in [0.2, 0.25) is 0 Å². The van der Waals surface area contributed by atoms with Crippen molar-refractivity contribution >= 4 is 35.2 Å². The van der Waals surface area contributed by atoms with Crippen LogP contribution < -0.4 is 10.4 Å². The number of anilines is 3. The van der Waals surface area contributed by atoms with Gasteiger partial charge in [0.25, 0.3) is 0 Å². The number of nitrogens with zero attached hydrogens (tertiary/aromatic N) is 1. The number of hydrogen-bond donors (Lipinski definition) is 0. The van der Waals surface area contributed by atoms with Crippen LogP contribution >= 0.6 is 0 Å². The van der Waals surface area contributed by atoms with Gasteiger partial charge in [-0.2, -0.15) is 0 Å². The van der Waals surface area contributed by atoms with Gasteiger partial charge in [-0.15, -0.1) is 0 Å². The zero-order valence-corrected chi connectivity index (χ0v) is 27.4. The van der Waals surface area contributed by atoms with E-state index in [-0.39, 0.29) is 5.82 Å². The molecular weight excluding hydrogens is 580 g/mol. The number of para-hydroxylation sites is 1. The van der Waals surface area contributed by atoms with Crippen molar-refractivity contribution in [1.82, 2.24) is 0 Å². The van der Waals surface area contributed by atoms with Crippen molar-refractivity contribution in [2.45, 2.75) is 38.9 Å². The Hall–Kier alpha value is -4.97. The average Bonchev–Trinajstić information content (AvgIpc) is 3.31. The molecule has 3 nitrogen and oxygen atoms in total. The Morgan fingerprint density at radius 2 is 1.26 bits per heavy atom. The number of hydrogen-bond acceptors (Lipinski definition) is 3. The van der Waals surface area contributed by atoms with Gasteiger partial charge in [-0.05, 0) is 85.8 Å². The first-order chi connectivity index (χ1) is 22.6. The van der Waals surface area contributed by atoms with Crippen LogP contribution in [0.3, 0.4) is 0 Å². The molecule has 1 fully saturated rings. The summed E-state index contributed by atoms with van der Waals surface area (Å²) in [4.78, 5) is 2.02. The third-order valence-electron chi connectivity index (χ3n) is 9.13. The molecule has 5 aromatic rings. The van der Waals surface area contributed by atoms with Crippen LogP contribution in [0, 0.1) is 5.82 Å². The Kier molecular flexibility index (Phi) is 8.87. The first kappa shape index (κ1) is 32.0. The van der Waals surface area contributed by atoms with Crippen molar-refractivity contribution in [3.8, 4) is 22.3 Å². The van der Waals surface area contributed by atoms with Crippen LogP contribution in [0.5, 0.6) is 0 Å². The van der Waals surface area contributed by atoms with Gasteiger partial charge in [0.1, 0.15) is 5.82 Å². The average molecular weight is 620 g/mol. The quantitative estimate of drug-likeness (QED) is 0.121. The SMILES string of the molecule is C=C/C=C(\C=C)c1cc(F)c(N(c2ccc(B3OC(C)(C)C(C)(C)O3)cc2)c2ccccc2-c2ccccc2)c(-c2ccccc2)c1.